The third-order valence-electron chi connectivity index (χ3n) is 8.95. The molecule has 8 aromatic carbocycles. The lowest BCUT2D eigenvalue weighted by Gasteiger charge is -2.16. The van der Waals surface area contributed by atoms with Gasteiger partial charge in [0.1, 0.15) is 0 Å². The van der Waals surface area contributed by atoms with Gasteiger partial charge in [0.05, 0.1) is 22.4 Å². The van der Waals surface area contributed by atoms with E-state index in [9.17, 15) is 4.79 Å². The average molecular weight is 563 g/mol. The van der Waals surface area contributed by atoms with Gasteiger partial charge in [-0.25, -0.2) is 4.79 Å². The van der Waals surface area contributed by atoms with Crippen molar-refractivity contribution in [2.24, 2.45) is 0 Å². The van der Waals surface area contributed by atoms with Crippen LogP contribution < -0.4 is 5.69 Å². The third kappa shape index (κ3) is 3.53. The Hall–Kier alpha value is -5.93. The summed E-state index contributed by atoms with van der Waals surface area (Å²) in [6.07, 6.45) is 0. The van der Waals surface area contributed by atoms with Crippen LogP contribution in [0.4, 0.5) is 0 Å². The lowest BCUT2D eigenvalue weighted by molar-refractivity contribution is 0.931. The molecule has 0 N–H and O–H groups in total. The zero-order valence-corrected chi connectivity index (χ0v) is 23.8. The van der Waals surface area contributed by atoms with Crippen molar-refractivity contribution in [2.75, 3.05) is 0 Å². The van der Waals surface area contributed by atoms with Crippen LogP contribution in [0.2, 0.25) is 0 Å². The summed E-state index contributed by atoms with van der Waals surface area (Å²) in [5.74, 6) is 0. The first-order chi connectivity index (χ1) is 21.8. The molecule has 0 unspecified atom stereocenters. The number of aromatic nitrogens is 2. The normalized spacial score (nSPS) is 11.7. The van der Waals surface area contributed by atoms with Crippen LogP contribution in [0.3, 0.4) is 0 Å². The lowest BCUT2D eigenvalue weighted by atomic mass is 9.87. The number of hydrogen-bond donors (Lipinski definition) is 0. The molecule has 1 heterocycles. The first-order valence-corrected chi connectivity index (χ1v) is 14.9. The van der Waals surface area contributed by atoms with Gasteiger partial charge < -0.3 is 0 Å². The van der Waals surface area contributed by atoms with Crippen LogP contribution in [0.1, 0.15) is 0 Å². The fraction of sp³-hybridized carbons (Fsp3) is 0. The summed E-state index contributed by atoms with van der Waals surface area (Å²) in [4.78, 5) is 13.9. The van der Waals surface area contributed by atoms with Crippen molar-refractivity contribution < 1.29 is 0 Å². The molecule has 0 fully saturated rings. The Morgan fingerprint density at radius 3 is 1.41 bits per heavy atom. The van der Waals surface area contributed by atoms with Crippen LogP contribution in [0.15, 0.2) is 163 Å². The van der Waals surface area contributed by atoms with E-state index in [0.29, 0.717) is 0 Å². The standard InChI is InChI=1S/C41H26N2O/c44-41-42(28-12-2-1-3-13-28)38-20-10-11-21-39(38)43(41)29-24-22-27(23-25-29)36-26-37-32-16-5-4-14-30(32)31-15-6-8-18-34(31)40(37)35-19-9-7-17-33(35)36/h1-26H. The number of hydrogen-bond acceptors (Lipinski definition) is 1. The minimum absolute atomic E-state index is 0.0837. The Bertz CT molecular complexity index is 2610. The summed E-state index contributed by atoms with van der Waals surface area (Å²) in [7, 11) is 0. The molecule has 0 spiro atoms. The molecule has 0 aliphatic heterocycles. The predicted molar refractivity (Wildman–Crippen MR) is 184 cm³/mol. The molecule has 0 saturated carbocycles. The zero-order valence-electron chi connectivity index (χ0n) is 23.8. The van der Waals surface area contributed by atoms with E-state index >= 15 is 0 Å². The van der Waals surface area contributed by atoms with E-state index in [-0.39, 0.29) is 5.69 Å². The van der Waals surface area contributed by atoms with Gasteiger partial charge in [-0.05, 0) is 96.7 Å². The predicted octanol–water partition coefficient (Wildman–Crippen LogP) is 10.1. The molecule has 0 aliphatic carbocycles. The summed E-state index contributed by atoms with van der Waals surface area (Å²) < 4.78 is 3.60. The van der Waals surface area contributed by atoms with Gasteiger partial charge in [0.25, 0.3) is 0 Å². The highest BCUT2D eigenvalue weighted by atomic mass is 16.1. The van der Waals surface area contributed by atoms with E-state index in [1.165, 1.54) is 48.7 Å². The van der Waals surface area contributed by atoms with E-state index in [0.717, 1.165) is 28.0 Å². The Kier molecular flexibility index (Phi) is 5.35. The first-order valence-electron chi connectivity index (χ1n) is 14.9. The second kappa shape index (κ2) is 9.55. The van der Waals surface area contributed by atoms with Crippen LogP contribution in [-0.4, -0.2) is 9.13 Å². The fourth-order valence-corrected chi connectivity index (χ4v) is 7.02. The maximum atomic E-state index is 13.9. The van der Waals surface area contributed by atoms with Crippen molar-refractivity contribution in [1.82, 2.24) is 9.13 Å². The maximum Gasteiger partial charge on any atom is 0.338 e. The third-order valence-corrected chi connectivity index (χ3v) is 8.95. The monoisotopic (exact) mass is 562 g/mol. The summed E-state index contributed by atoms with van der Waals surface area (Å²) >= 11 is 0. The molecule has 0 aliphatic rings. The summed E-state index contributed by atoms with van der Waals surface area (Å²) in [6, 6.07) is 54.8. The lowest BCUT2D eigenvalue weighted by Crippen LogP contribution is -2.22. The van der Waals surface area contributed by atoms with Crippen molar-refractivity contribution in [1.29, 1.82) is 0 Å². The van der Waals surface area contributed by atoms with E-state index in [1.807, 2.05) is 59.2 Å². The smallest absolute Gasteiger partial charge is 0.260 e. The van der Waals surface area contributed by atoms with Crippen LogP contribution in [-0.2, 0) is 0 Å². The van der Waals surface area contributed by atoms with E-state index < -0.39 is 0 Å². The van der Waals surface area contributed by atoms with Crippen molar-refractivity contribution in [3.8, 4) is 22.5 Å². The topological polar surface area (TPSA) is 26.9 Å². The zero-order chi connectivity index (χ0) is 29.2. The molecule has 0 bridgehead atoms. The minimum atomic E-state index is -0.0837. The molecule has 0 saturated heterocycles. The Balaban J connectivity index is 1.28. The van der Waals surface area contributed by atoms with Gasteiger partial charge in [-0.1, -0.05) is 115 Å². The molecular weight excluding hydrogens is 536 g/mol. The van der Waals surface area contributed by atoms with Gasteiger partial charge in [-0.2, -0.15) is 0 Å². The first kappa shape index (κ1) is 24.6. The van der Waals surface area contributed by atoms with Crippen LogP contribution in [0, 0.1) is 0 Å². The highest BCUT2D eigenvalue weighted by Crippen LogP contribution is 2.42. The summed E-state index contributed by atoms with van der Waals surface area (Å²) in [5, 5.41) is 10.1. The Labute approximate surface area is 253 Å². The minimum Gasteiger partial charge on any atom is -0.260 e. The molecular formula is C41H26N2O. The molecule has 9 rings (SSSR count). The van der Waals surface area contributed by atoms with Gasteiger partial charge in [0, 0.05) is 0 Å². The van der Waals surface area contributed by atoms with Gasteiger partial charge >= 0.3 is 5.69 Å². The molecule has 9 aromatic rings. The number of imidazole rings is 1. The quantitative estimate of drug-likeness (QED) is 0.197. The van der Waals surface area contributed by atoms with Crippen LogP contribution in [0.25, 0.3) is 76.6 Å². The molecule has 0 atom stereocenters. The van der Waals surface area contributed by atoms with Crippen molar-refractivity contribution >= 4 is 54.1 Å². The molecule has 3 nitrogen and oxygen atoms in total. The number of nitrogens with zero attached hydrogens (tertiary/aromatic N) is 2. The summed E-state index contributed by atoms with van der Waals surface area (Å²) in [5.41, 5.74) is 5.66. The van der Waals surface area contributed by atoms with Gasteiger partial charge in [-0.15, -0.1) is 0 Å². The molecule has 3 heteroatoms. The highest BCUT2D eigenvalue weighted by molar-refractivity contribution is 6.33. The summed E-state index contributed by atoms with van der Waals surface area (Å²) in [6.45, 7) is 0. The van der Waals surface area contributed by atoms with Crippen LogP contribution in [0.5, 0.6) is 0 Å². The SMILES string of the molecule is O=c1n(-c2ccccc2)c2ccccc2n1-c1ccc(-c2cc3c4ccccc4c4ccccc4c3c3ccccc23)cc1. The van der Waals surface area contributed by atoms with Crippen molar-refractivity contribution in [2.45, 2.75) is 0 Å². The van der Waals surface area contributed by atoms with Crippen molar-refractivity contribution in [3.05, 3.63) is 168 Å². The van der Waals surface area contributed by atoms with Crippen LogP contribution >= 0.6 is 0 Å². The fourth-order valence-electron chi connectivity index (χ4n) is 7.02. The van der Waals surface area contributed by atoms with E-state index in [4.69, 9.17) is 0 Å². The second-order valence-electron chi connectivity index (χ2n) is 11.3. The largest absolute Gasteiger partial charge is 0.338 e. The molecule has 44 heavy (non-hydrogen) atoms. The van der Waals surface area contributed by atoms with Gasteiger partial charge in [0.2, 0.25) is 0 Å². The molecule has 206 valence electrons. The number of rotatable bonds is 3. The maximum absolute atomic E-state index is 13.9. The second-order valence-corrected chi connectivity index (χ2v) is 11.3. The molecule has 0 amide bonds. The Morgan fingerprint density at radius 1 is 0.364 bits per heavy atom. The average Bonchev–Trinajstić information content (AvgIpc) is 3.39. The van der Waals surface area contributed by atoms with Gasteiger partial charge in [0.15, 0.2) is 0 Å². The van der Waals surface area contributed by atoms with Crippen molar-refractivity contribution in [3.63, 3.8) is 0 Å². The molecule has 0 radical (unpaired) electrons. The Morgan fingerprint density at radius 2 is 0.795 bits per heavy atom. The van der Waals surface area contributed by atoms with Gasteiger partial charge in [-0.3, -0.25) is 9.13 Å². The number of benzene rings is 8. The molecule has 1 aromatic heterocycles. The highest BCUT2D eigenvalue weighted by Gasteiger charge is 2.17. The van der Waals surface area contributed by atoms with E-state index in [1.54, 1.807) is 4.57 Å². The number of para-hydroxylation sites is 3. The van der Waals surface area contributed by atoms with E-state index in [2.05, 4.69) is 103 Å². The number of fused-ring (bicyclic) bond motifs is 9.